The van der Waals surface area contributed by atoms with E-state index in [2.05, 4.69) is 16.1 Å². The summed E-state index contributed by atoms with van der Waals surface area (Å²) in [5, 5.41) is 4.82. The molecule has 110 valence electrons. The van der Waals surface area contributed by atoms with Crippen molar-refractivity contribution in [3.8, 4) is 0 Å². The summed E-state index contributed by atoms with van der Waals surface area (Å²) in [5.41, 5.74) is 1.13. The number of thioether (sulfide) groups is 1. The van der Waals surface area contributed by atoms with Gasteiger partial charge in [-0.25, -0.2) is 4.79 Å². The summed E-state index contributed by atoms with van der Waals surface area (Å²) in [6.45, 7) is 0. The number of anilines is 1. The van der Waals surface area contributed by atoms with Crippen LogP contribution in [0.3, 0.4) is 0 Å². The van der Waals surface area contributed by atoms with Gasteiger partial charge in [0.15, 0.2) is 0 Å². The Hall–Kier alpha value is -1.79. The lowest BCUT2D eigenvalue weighted by molar-refractivity contribution is -0.113. The Kier molecular flexibility index (Phi) is 5.83. The van der Waals surface area contributed by atoms with E-state index < -0.39 is 0 Å². The van der Waals surface area contributed by atoms with Gasteiger partial charge in [0, 0.05) is 16.3 Å². The summed E-state index contributed by atoms with van der Waals surface area (Å²) < 4.78 is 4.62. The molecule has 0 spiro atoms. The van der Waals surface area contributed by atoms with E-state index in [1.54, 1.807) is 47.4 Å². The molecule has 0 radical (unpaired) electrons. The molecule has 6 heteroatoms. The first-order valence-electron chi connectivity index (χ1n) is 6.27. The summed E-state index contributed by atoms with van der Waals surface area (Å²) in [7, 11) is 1.34. The predicted octanol–water partition coefficient (Wildman–Crippen LogP) is 3.41. The van der Waals surface area contributed by atoms with Crippen molar-refractivity contribution in [3.63, 3.8) is 0 Å². The lowest BCUT2D eigenvalue weighted by Crippen LogP contribution is -2.14. The van der Waals surface area contributed by atoms with Crippen LogP contribution >= 0.6 is 23.1 Å². The topological polar surface area (TPSA) is 55.4 Å². The first-order chi connectivity index (χ1) is 10.2. The van der Waals surface area contributed by atoms with Crippen molar-refractivity contribution in [2.75, 3.05) is 18.2 Å². The van der Waals surface area contributed by atoms with Crippen molar-refractivity contribution in [1.82, 2.24) is 0 Å². The number of ether oxygens (including phenoxy) is 1. The van der Waals surface area contributed by atoms with Crippen LogP contribution in [0, 0.1) is 0 Å². The quantitative estimate of drug-likeness (QED) is 0.829. The van der Waals surface area contributed by atoms with Gasteiger partial charge in [0.25, 0.3) is 0 Å². The Bertz CT molecular complexity index is 594. The summed E-state index contributed by atoms with van der Waals surface area (Å²) in [6, 6.07) is 10.7. The van der Waals surface area contributed by atoms with Gasteiger partial charge < -0.3 is 10.1 Å². The van der Waals surface area contributed by atoms with Crippen LogP contribution in [0.2, 0.25) is 0 Å². The normalized spacial score (nSPS) is 10.1. The second kappa shape index (κ2) is 7.85. The van der Waals surface area contributed by atoms with Crippen LogP contribution in [0.15, 0.2) is 41.8 Å². The summed E-state index contributed by atoms with van der Waals surface area (Å²) in [5.74, 6) is 0.796. The fourth-order valence-electron chi connectivity index (χ4n) is 1.64. The minimum absolute atomic E-state index is 0.0534. The number of carbonyl (C=O) groups is 2. The van der Waals surface area contributed by atoms with Crippen LogP contribution < -0.4 is 5.32 Å². The zero-order valence-corrected chi connectivity index (χ0v) is 13.1. The highest BCUT2D eigenvalue weighted by atomic mass is 32.2. The largest absolute Gasteiger partial charge is 0.465 e. The summed E-state index contributed by atoms with van der Waals surface area (Å²) >= 11 is 3.26. The molecule has 0 unspecified atom stereocenters. The molecule has 2 rings (SSSR count). The van der Waals surface area contributed by atoms with Crippen molar-refractivity contribution in [3.05, 3.63) is 52.2 Å². The van der Waals surface area contributed by atoms with E-state index in [0.717, 1.165) is 5.75 Å². The maximum absolute atomic E-state index is 11.8. The smallest absolute Gasteiger partial charge is 0.337 e. The van der Waals surface area contributed by atoms with Gasteiger partial charge in [-0.05, 0) is 35.7 Å². The highest BCUT2D eigenvalue weighted by Crippen LogP contribution is 2.17. The molecule has 0 saturated carbocycles. The van der Waals surface area contributed by atoms with Crippen LogP contribution in [0.5, 0.6) is 0 Å². The van der Waals surface area contributed by atoms with Gasteiger partial charge in [0.1, 0.15) is 0 Å². The number of nitrogens with one attached hydrogen (secondary N) is 1. The highest BCUT2D eigenvalue weighted by Gasteiger charge is 2.06. The molecule has 0 bridgehead atoms. The third kappa shape index (κ3) is 4.91. The van der Waals surface area contributed by atoms with E-state index in [1.807, 2.05) is 11.4 Å². The molecule has 0 aliphatic heterocycles. The molecule has 0 atom stereocenters. The van der Waals surface area contributed by atoms with Crippen LogP contribution in [0.25, 0.3) is 0 Å². The molecule has 2 aromatic rings. The predicted molar refractivity (Wildman–Crippen MR) is 86.9 cm³/mol. The monoisotopic (exact) mass is 321 g/mol. The average molecular weight is 321 g/mol. The first-order valence-corrected chi connectivity index (χ1v) is 8.31. The minimum atomic E-state index is -0.389. The molecule has 4 nitrogen and oxygen atoms in total. The number of amides is 1. The minimum Gasteiger partial charge on any atom is -0.465 e. The standard InChI is InChI=1S/C15H15NO3S2/c1-19-15(18)11-4-6-12(7-5-11)16-14(17)10-20-9-13-3-2-8-21-13/h2-8H,9-10H2,1H3,(H,16,17). The third-order valence-corrected chi connectivity index (χ3v) is 4.69. The van der Waals surface area contributed by atoms with Crippen molar-refractivity contribution < 1.29 is 14.3 Å². The number of thiophene rings is 1. The molecule has 1 aromatic heterocycles. The fraction of sp³-hybridized carbons (Fsp3) is 0.200. The van der Waals surface area contributed by atoms with Gasteiger partial charge in [-0.15, -0.1) is 23.1 Å². The summed E-state index contributed by atoms with van der Waals surface area (Å²) in [6.07, 6.45) is 0. The molecule has 1 amide bonds. The van der Waals surface area contributed by atoms with Crippen LogP contribution in [0.4, 0.5) is 5.69 Å². The van der Waals surface area contributed by atoms with Crippen LogP contribution in [0.1, 0.15) is 15.2 Å². The third-order valence-electron chi connectivity index (χ3n) is 2.65. The van der Waals surface area contributed by atoms with Crippen LogP contribution in [-0.4, -0.2) is 24.7 Å². The van der Waals surface area contributed by atoms with E-state index >= 15 is 0 Å². The van der Waals surface area contributed by atoms with E-state index in [0.29, 0.717) is 17.0 Å². The Labute approximate surface area is 131 Å². The van der Waals surface area contributed by atoms with Crippen molar-refractivity contribution >= 4 is 40.7 Å². The molecular formula is C15H15NO3S2. The van der Waals surface area contributed by atoms with Crippen molar-refractivity contribution in [2.24, 2.45) is 0 Å². The Morgan fingerprint density at radius 3 is 2.62 bits per heavy atom. The zero-order chi connectivity index (χ0) is 15.1. The molecule has 0 aliphatic rings. The Balaban J connectivity index is 1.78. The van der Waals surface area contributed by atoms with Gasteiger partial charge in [-0.3, -0.25) is 4.79 Å². The van der Waals surface area contributed by atoms with Gasteiger partial charge in [0.05, 0.1) is 18.4 Å². The molecule has 0 fully saturated rings. The molecule has 1 N–H and O–H groups in total. The van der Waals surface area contributed by atoms with Crippen molar-refractivity contribution in [1.29, 1.82) is 0 Å². The molecule has 1 heterocycles. The van der Waals surface area contributed by atoms with E-state index in [-0.39, 0.29) is 11.9 Å². The maximum Gasteiger partial charge on any atom is 0.337 e. The van der Waals surface area contributed by atoms with Gasteiger partial charge in [-0.2, -0.15) is 0 Å². The number of rotatable bonds is 6. The Morgan fingerprint density at radius 2 is 2.00 bits per heavy atom. The first kappa shape index (κ1) is 15.6. The van der Waals surface area contributed by atoms with Crippen molar-refractivity contribution in [2.45, 2.75) is 5.75 Å². The second-order valence-electron chi connectivity index (χ2n) is 4.19. The summed E-state index contributed by atoms with van der Waals surface area (Å²) in [4.78, 5) is 24.3. The molecule has 21 heavy (non-hydrogen) atoms. The molecular weight excluding hydrogens is 306 g/mol. The number of methoxy groups -OCH3 is 1. The van der Waals surface area contributed by atoms with Gasteiger partial charge in [0.2, 0.25) is 5.91 Å². The molecule has 0 saturated heterocycles. The molecule has 1 aromatic carbocycles. The fourth-order valence-corrected chi connectivity index (χ4v) is 3.31. The number of carbonyl (C=O) groups excluding carboxylic acids is 2. The number of hydrogen-bond donors (Lipinski definition) is 1. The van der Waals surface area contributed by atoms with E-state index in [9.17, 15) is 9.59 Å². The number of hydrogen-bond acceptors (Lipinski definition) is 5. The lowest BCUT2D eigenvalue weighted by Gasteiger charge is -2.05. The SMILES string of the molecule is COC(=O)c1ccc(NC(=O)CSCc2cccs2)cc1. The maximum atomic E-state index is 11.8. The zero-order valence-electron chi connectivity index (χ0n) is 11.5. The van der Waals surface area contributed by atoms with Gasteiger partial charge >= 0.3 is 5.97 Å². The Morgan fingerprint density at radius 1 is 1.24 bits per heavy atom. The second-order valence-corrected chi connectivity index (χ2v) is 6.21. The van der Waals surface area contributed by atoms with Gasteiger partial charge in [-0.1, -0.05) is 6.07 Å². The molecule has 0 aliphatic carbocycles. The number of esters is 1. The van der Waals surface area contributed by atoms with E-state index in [4.69, 9.17) is 0 Å². The lowest BCUT2D eigenvalue weighted by atomic mass is 10.2. The highest BCUT2D eigenvalue weighted by molar-refractivity contribution is 7.99. The average Bonchev–Trinajstić information content (AvgIpc) is 3.00. The van der Waals surface area contributed by atoms with E-state index in [1.165, 1.54) is 12.0 Å². The number of benzene rings is 1. The van der Waals surface area contributed by atoms with Crippen LogP contribution in [-0.2, 0) is 15.3 Å².